The van der Waals surface area contributed by atoms with Crippen molar-refractivity contribution in [3.05, 3.63) is 24.9 Å². The minimum atomic E-state index is -0.527. The molecule has 2 aliphatic carbocycles. The molecule has 2 saturated carbocycles. The van der Waals surface area contributed by atoms with Gasteiger partial charge in [0.25, 0.3) is 0 Å². The molecule has 10 nitrogen and oxygen atoms in total. The van der Waals surface area contributed by atoms with Crippen LogP contribution in [0.5, 0.6) is 0 Å². The summed E-state index contributed by atoms with van der Waals surface area (Å²) in [5, 5.41) is 11.2. The van der Waals surface area contributed by atoms with Crippen LogP contribution in [0.3, 0.4) is 0 Å². The number of ketones is 1. The summed E-state index contributed by atoms with van der Waals surface area (Å²) in [6, 6.07) is 0.0965. The van der Waals surface area contributed by atoms with Crippen LogP contribution >= 0.6 is 0 Å². The molecule has 0 aromatic rings. The molecule has 2 aliphatic heterocycles. The van der Waals surface area contributed by atoms with Gasteiger partial charge in [0.05, 0.1) is 12.1 Å². The standard InChI is InChI=1S/C18H30N2O.C9H14N2O3.C6H11NO/c1-4-9-14(2)18(21)19-17(16-10-5-6-11-16)15(3)20-12-7-8-13-20;1-6(13)8(11-5-12)4-7-2-3-10-9(7)14;8-5-7-6-3-1-2-4-6/h4,14,16-17H,1,3,5-13H2,2H3,(H,19,21);5,7-8H,2-4H2,1H3,(H,10,14)(H,11,12);5-6H,1-4H2,(H,7,8). The Morgan fingerprint density at radius 3 is 2.14 bits per heavy atom. The van der Waals surface area contributed by atoms with Gasteiger partial charge in [-0.25, -0.2) is 0 Å². The number of hydrogen-bond acceptors (Lipinski definition) is 6. The lowest BCUT2D eigenvalue weighted by Gasteiger charge is -2.33. The lowest BCUT2D eigenvalue weighted by Crippen LogP contribution is -2.46. The molecule has 0 aromatic heterocycles. The number of nitrogens with one attached hydrogen (secondary N) is 4. The van der Waals surface area contributed by atoms with Crippen molar-refractivity contribution in [3.8, 4) is 0 Å². The molecule has 242 valence electrons. The highest BCUT2D eigenvalue weighted by Crippen LogP contribution is 2.32. The Bertz CT molecular complexity index is 923. The van der Waals surface area contributed by atoms with Crippen LogP contribution in [0, 0.1) is 17.8 Å². The summed E-state index contributed by atoms with van der Waals surface area (Å²) in [5.74, 6) is 0.431. The number of likely N-dealkylation sites (tertiary alicyclic amines) is 1. The van der Waals surface area contributed by atoms with E-state index in [0.717, 1.165) is 38.0 Å². The predicted molar refractivity (Wildman–Crippen MR) is 169 cm³/mol. The molecule has 43 heavy (non-hydrogen) atoms. The number of amides is 4. The summed E-state index contributed by atoms with van der Waals surface area (Å²) in [4.78, 5) is 57.1. The zero-order valence-electron chi connectivity index (χ0n) is 26.4. The Balaban J connectivity index is 0.000000251. The molecule has 0 spiro atoms. The number of carbonyl (C=O) groups excluding carboxylic acids is 5. The summed E-state index contributed by atoms with van der Waals surface area (Å²) in [7, 11) is 0. The average molecular weight is 602 g/mol. The molecule has 4 fully saturated rings. The summed E-state index contributed by atoms with van der Waals surface area (Å²) >= 11 is 0. The second-order valence-corrected chi connectivity index (χ2v) is 12.4. The van der Waals surface area contributed by atoms with E-state index in [9.17, 15) is 24.0 Å². The molecular formula is C33H55N5O5. The largest absolute Gasteiger partial charge is 0.374 e. The van der Waals surface area contributed by atoms with Gasteiger partial charge in [-0.15, -0.1) is 6.58 Å². The number of allylic oxidation sites excluding steroid dienone is 1. The van der Waals surface area contributed by atoms with Crippen LogP contribution in [0.2, 0.25) is 0 Å². The fraction of sp³-hybridized carbons (Fsp3) is 0.727. The maximum atomic E-state index is 12.4. The first kappa shape index (κ1) is 36.0. The van der Waals surface area contributed by atoms with Crippen molar-refractivity contribution < 1.29 is 24.0 Å². The van der Waals surface area contributed by atoms with Gasteiger partial charge >= 0.3 is 0 Å². The van der Waals surface area contributed by atoms with E-state index in [1.165, 1.54) is 71.1 Å². The Labute approximate surface area is 258 Å². The number of hydrogen-bond donors (Lipinski definition) is 4. The third kappa shape index (κ3) is 12.5. The molecule has 0 bridgehead atoms. The van der Waals surface area contributed by atoms with Crippen LogP contribution in [-0.2, 0) is 24.0 Å². The van der Waals surface area contributed by atoms with Crippen molar-refractivity contribution >= 4 is 30.4 Å². The molecule has 4 rings (SSSR count). The van der Waals surface area contributed by atoms with Gasteiger partial charge in [-0.1, -0.05) is 45.3 Å². The molecule has 4 aliphatic rings. The molecule has 2 heterocycles. The Kier molecular flexibility index (Phi) is 16.7. The van der Waals surface area contributed by atoms with Gasteiger partial charge in [0.2, 0.25) is 24.6 Å². The van der Waals surface area contributed by atoms with Crippen molar-refractivity contribution in [1.82, 2.24) is 26.2 Å². The summed E-state index contributed by atoms with van der Waals surface area (Å²) in [5.41, 5.74) is 1.14. The van der Waals surface area contributed by atoms with Crippen molar-refractivity contribution in [3.63, 3.8) is 0 Å². The minimum absolute atomic E-state index is 0.00205. The SMILES string of the molecule is C=CCC(C)C(=O)NC(C(=C)N1CCCC1)C1CCCC1.CC(=O)C(CC1CCNC1=O)NC=O.O=CNC1CCCC1. The smallest absolute Gasteiger partial charge is 0.223 e. The Hall–Kier alpha value is -3.17. The molecular weight excluding hydrogens is 546 g/mol. The maximum absolute atomic E-state index is 12.4. The summed E-state index contributed by atoms with van der Waals surface area (Å²) in [6.07, 6.45) is 17.4. The first-order chi connectivity index (χ1) is 20.7. The van der Waals surface area contributed by atoms with Crippen LogP contribution in [0.1, 0.15) is 97.3 Å². The predicted octanol–water partition coefficient (Wildman–Crippen LogP) is 3.37. The minimum Gasteiger partial charge on any atom is -0.374 e. The third-order valence-electron chi connectivity index (χ3n) is 9.11. The molecule has 2 saturated heterocycles. The zero-order valence-corrected chi connectivity index (χ0v) is 26.4. The van der Waals surface area contributed by atoms with Crippen LogP contribution < -0.4 is 21.3 Å². The normalized spacial score (nSPS) is 22.0. The fourth-order valence-electron chi connectivity index (χ4n) is 6.39. The number of carbonyl (C=O) groups is 5. The highest BCUT2D eigenvalue weighted by Gasteiger charge is 2.32. The van der Waals surface area contributed by atoms with Crippen molar-refractivity contribution in [1.29, 1.82) is 0 Å². The molecule has 4 atom stereocenters. The van der Waals surface area contributed by atoms with Crippen LogP contribution in [-0.4, -0.2) is 73.1 Å². The molecule has 4 amide bonds. The van der Waals surface area contributed by atoms with Gasteiger partial charge in [-0.05, 0) is 70.6 Å². The second kappa shape index (κ2) is 19.9. The van der Waals surface area contributed by atoms with Gasteiger partial charge < -0.3 is 26.2 Å². The molecule has 0 radical (unpaired) electrons. The van der Waals surface area contributed by atoms with E-state index in [1.807, 2.05) is 13.0 Å². The maximum Gasteiger partial charge on any atom is 0.223 e. The van der Waals surface area contributed by atoms with E-state index in [-0.39, 0.29) is 35.5 Å². The first-order valence-corrected chi connectivity index (χ1v) is 16.2. The van der Waals surface area contributed by atoms with Gasteiger partial charge in [-0.3, -0.25) is 24.0 Å². The molecule has 4 unspecified atom stereocenters. The monoisotopic (exact) mass is 601 g/mol. The zero-order chi connectivity index (χ0) is 31.6. The van der Waals surface area contributed by atoms with Crippen molar-refractivity contribution in [2.24, 2.45) is 17.8 Å². The number of Topliss-reactive ketones (excluding diaryl/α,β-unsaturated/α-hetero) is 1. The Morgan fingerprint density at radius 2 is 1.63 bits per heavy atom. The van der Waals surface area contributed by atoms with Crippen molar-refractivity contribution in [2.75, 3.05) is 19.6 Å². The summed E-state index contributed by atoms with van der Waals surface area (Å²) in [6.45, 7) is 14.3. The van der Waals surface area contributed by atoms with Crippen LogP contribution in [0.15, 0.2) is 24.9 Å². The van der Waals surface area contributed by atoms with Crippen LogP contribution in [0.4, 0.5) is 0 Å². The number of rotatable bonds is 14. The van der Waals surface area contributed by atoms with E-state index in [1.54, 1.807) is 0 Å². The van der Waals surface area contributed by atoms with E-state index in [2.05, 4.69) is 39.3 Å². The van der Waals surface area contributed by atoms with Gasteiger partial charge in [-0.2, -0.15) is 0 Å². The summed E-state index contributed by atoms with van der Waals surface area (Å²) < 4.78 is 0. The quantitative estimate of drug-likeness (QED) is 0.178. The van der Waals surface area contributed by atoms with Gasteiger partial charge in [0.15, 0.2) is 5.78 Å². The third-order valence-corrected chi connectivity index (χ3v) is 9.11. The van der Waals surface area contributed by atoms with Gasteiger partial charge in [0, 0.05) is 43.2 Å². The second-order valence-electron chi connectivity index (χ2n) is 12.4. The molecule has 4 N–H and O–H groups in total. The van der Waals surface area contributed by atoms with Crippen LogP contribution in [0.25, 0.3) is 0 Å². The lowest BCUT2D eigenvalue weighted by molar-refractivity contribution is -0.126. The van der Waals surface area contributed by atoms with E-state index in [4.69, 9.17) is 0 Å². The van der Waals surface area contributed by atoms with Crippen molar-refractivity contribution in [2.45, 2.75) is 115 Å². The van der Waals surface area contributed by atoms with Gasteiger partial charge in [0.1, 0.15) is 0 Å². The molecule has 0 aromatic carbocycles. The fourth-order valence-corrected chi connectivity index (χ4v) is 6.39. The topological polar surface area (TPSA) is 137 Å². The number of nitrogens with zero attached hydrogens (tertiary/aromatic N) is 1. The first-order valence-electron chi connectivity index (χ1n) is 16.2. The van der Waals surface area contributed by atoms with E-state index < -0.39 is 6.04 Å². The van der Waals surface area contributed by atoms with E-state index in [0.29, 0.717) is 31.3 Å². The highest BCUT2D eigenvalue weighted by molar-refractivity contribution is 5.85. The average Bonchev–Trinajstić information content (AvgIpc) is 3.81. The lowest BCUT2D eigenvalue weighted by atomic mass is 9.94. The Morgan fingerprint density at radius 1 is 1.00 bits per heavy atom. The highest BCUT2D eigenvalue weighted by atomic mass is 16.2. The molecule has 10 heteroatoms. The van der Waals surface area contributed by atoms with E-state index >= 15 is 0 Å².